The molecule has 0 unspecified atom stereocenters. The van der Waals surface area contributed by atoms with E-state index in [1.54, 1.807) is 17.7 Å². The first-order chi connectivity index (χ1) is 13.7. The lowest BCUT2D eigenvalue weighted by atomic mass is 10.1. The second-order valence-corrected chi connectivity index (χ2v) is 7.36. The highest BCUT2D eigenvalue weighted by Crippen LogP contribution is 2.37. The molecular weight excluding hydrogens is 385 g/mol. The molecule has 2 aromatic heterocycles. The van der Waals surface area contributed by atoms with E-state index < -0.39 is 17.5 Å². The Labute approximate surface area is 165 Å². The molecule has 3 heterocycles. The van der Waals surface area contributed by atoms with Crippen molar-refractivity contribution in [2.45, 2.75) is 25.1 Å². The molecular formula is C20H21F3N4O2. The van der Waals surface area contributed by atoms with E-state index in [0.717, 1.165) is 32.0 Å². The van der Waals surface area contributed by atoms with E-state index in [-0.39, 0.29) is 11.7 Å². The fourth-order valence-corrected chi connectivity index (χ4v) is 3.65. The summed E-state index contributed by atoms with van der Waals surface area (Å²) >= 11 is 0. The highest BCUT2D eigenvalue weighted by atomic mass is 19.4. The number of phenols is 1. The predicted molar refractivity (Wildman–Crippen MR) is 102 cm³/mol. The minimum atomic E-state index is -4.52. The maximum atomic E-state index is 12.9. The molecule has 0 spiro atoms. The van der Waals surface area contributed by atoms with Crippen LogP contribution >= 0.6 is 0 Å². The van der Waals surface area contributed by atoms with Gasteiger partial charge in [0.15, 0.2) is 5.65 Å². The molecule has 0 bridgehead atoms. The fraction of sp³-hybridized carbons (Fsp3) is 0.400. The molecule has 1 atom stereocenters. The van der Waals surface area contributed by atoms with Crippen LogP contribution in [0.25, 0.3) is 22.6 Å². The molecule has 154 valence electrons. The molecule has 0 aliphatic carbocycles. The van der Waals surface area contributed by atoms with Gasteiger partial charge in [-0.3, -0.25) is 0 Å². The van der Waals surface area contributed by atoms with Crippen LogP contribution in [0, 0.1) is 0 Å². The number of aryl methyl sites for hydroxylation is 1. The Bertz CT molecular complexity index is 1050. The van der Waals surface area contributed by atoms with Gasteiger partial charge in [-0.1, -0.05) is 0 Å². The summed E-state index contributed by atoms with van der Waals surface area (Å²) in [5.41, 5.74) is 0.384. The third-order valence-electron chi connectivity index (χ3n) is 5.15. The highest BCUT2D eigenvalue weighted by Gasteiger charge is 2.31. The zero-order valence-corrected chi connectivity index (χ0v) is 16.1. The Balaban J connectivity index is 1.65. The highest BCUT2D eigenvalue weighted by molar-refractivity contribution is 5.79. The van der Waals surface area contributed by atoms with Crippen LogP contribution in [0.1, 0.15) is 18.4 Å². The largest absolute Gasteiger partial charge is 0.507 e. The van der Waals surface area contributed by atoms with Crippen LogP contribution in [0.5, 0.6) is 11.6 Å². The van der Waals surface area contributed by atoms with E-state index in [2.05, 4.69) is 14.9 Å². The molecule has 0 radical (unpaired) electrons. The van der Waals surface area contributed by atoms with Crippen molar-refractivity contribution in [1.29, 1.82) is 0 Å². The number of benzene rings is 1. The lowest BCUT2D eigenvalue weighted by Gasteiger charge is -2.29. The van der Waals surface area contributed by atoms with Crippen LogP contribution in [0.4, 0.5) is 13.2 Å². The Morgan fingerprint density at radius 3 is 2.62 bits per heavy atom. The second kappa shape index (κ2) is 7.22. The van der Waals surface area contributed by atoms with Crippen molar-refractivity contribution in [2.24, 2.45) is 7.05 Å². The number of halogens is 3. The van der Waals surface area contributed by atoms with Crippen LogP contribution < -0.4 is 4.74 Å². The van der Waals surface area contributed by atoms with E-state index >= 15 is 0 Å². The Morgan fingerprint density at radius 2 is 1.93 bits per heavy atom. The minimum absolute atomic E-state index is 0.0563. The Kier molecular flexibility index (Phi) is 4.85. The number of likely N-dealkylation sites (N-methyl/N-ethyl adjacent to an activating group) is 1. The van der Waals surface area contributed by atoms with E-state index in [1.165, 1.54) is 6.07 Å². The second-order valence-electron chi connectivity index (χ2n) is 7.36. The smallest absolute Gasteiger partial charge is 0.416 e. The number of fused-ring (bicyclic) bond motifs is 1. The van der Waals surface area contributed by atoms with Gasteiger partial charge in [-0.15, -0.1) is 0 Å². The number of rotatable bonds is 3. The van der Waals surface area contributed by atoms with Gasteiger partial charge >= 0.3 is 6.18 Å². The summed E-state index contributed by atoms with van der Waals surface area (Å²) in [6.07, 6.45) is -2.45. The number of pyridine rings is 1. The van der Waals surface area contributed by atoms with Crippen molar-refractivity contribution in [3.8, 4) is 23.0 Å². The third kappa shape index (κ3) is 3.87. The number of hydrogen-bond acceptors (Lipinski definition) is 5. The molecule has 29 heavy (non-hydrogen) atoms. The van der Waals surface area contributed by atoms with Gasteiger partial charge in [0, 0.05) is 19.7 Å². The SMILES string of the molecule is CN1CCC[C@@H](Oc2ccc3c(n2)nc(-c2ccc(C(F)(F)F)cc2O)n3C)C1. The number of phenolic OH excluding ortho intramolecular Hbond substituents is 1. The Morgan fingerprint density at radius 1 is 1.14 bits per heavy atom. The van der Waals surface area contributed by atoms with Gasteiger partial charge in [-0.05, 0) is 50.7 Å². The number of piperidine rings is 1. The number of ether oxygens (including phenoxy) is 1. The average Bonchev–Trinajstić information content (AvgIpc) is 2.97. The molecule has 6 nitrogen and oxygen atoms in total. The van der Waals surface area contributed by atoms with Crippen molar-refractivity contribution in [3.05, 3.63) is 35.9 Å². The lowest BCUT2D eigenvalue weighted by molar-refractivity contribution is -0.137. The molecule has 1 fully saturated rings. The fourth-order valence-electron chi connectivity index (χ4n) is 3.65. The average molecular weight is 406 g/mol. The molecule has 0 amide bonds. The quantitative estimate of drug-likeness (QED) is 0.716. The summed E-state index contributed by atoms with van der Waals surface area (Å²) in [4.78, 5) is 11.1. The summed E-state index contributed by atoms with van der Waals surface area (Å²) < 4.78 is 46.2. The standard InChI is InChI=1S/C20H21F3N4O2/c1-26-9-3-4-13(11-26)29-17-8-7-15-18(24-17)25-19(27(15)2)14-6-5-12(10-16(14)28)20(21,22)23/h5-8,10,13,28H,3-4,9,11H2,1-2H3/t13-/m1/s1. The number of nitrogens with zero attached hydrogens (tertiary/aromatic N) is 4. The topological polar surface area (TPSA) is 63.4 Å². The van der Waals surface area contributed by atoms with E-state index in [0.29, 0.717) is 28.9 Å². The Hall–Kier alpha value is -2.81. The molecule has 0 saturated carbocycles. The lowest BCUT2D eigenvalue weighted by Crippen LogP contribution is -2.38. The minimum Gasteiger partial charge on any atom is -0.507 e. The first kappa shape index (κ1) is 19.5. The zero-order chi connectivity index (χ0) is 20.8. The van der Waals surface area contributed by atoms with E-state index in [1.807, 2.05) is 13.1 Å². The van der Waals surface area contributed by atoms with Gasteiger partial charge < -0.3 is 19.3 Å². The van der Waals surface area contributed by atoms with Crippen LogP contribution in [-0.4, -0.2) is 50.8 Å². The summed E-state index contributed by atoms with van der Waals surface area (Å²) in [5.74, 6) is 0.298. The number of aromatic hydroxyl groups is 1. The molecule has 9 heteroatoms. The van der Waals surface area contributed by atoms with Crippen molar-refractivity contribution in [1.82, 2.24) is 19.4 Å². The number of likely N-dealkylation sites (tertiary alicyclic amines) is 1. The van der Waals surface area contributed by atoms with Gasteiger partial charge in [0.05, 0.1) is 16.6 Å². The van der Waals surface area contributed by atoms with E-state index in [9.17, 15) is 18.3 Å². The molecule has 1 saturated heterocycles. The third-order valence-corrected chi connectivity index (χ3v) is 5.15. The maximum absolute atomic E-state index is 12.9. The normalized spacial score (nSPS) is 18.3. The monoisotopic (exact) mass is 406 g/mol. The van der Waals surface area contributed by atoms with Gasteiger partial charge in [0.2, 0.25) is 5.88 Å². The van der Waals surface area contributed by atoms with Gasteiger partial charge in [-0.2, -0.15) is 18.2 Å². The number of alkyl halides is 3. The zero-order valence-electron chi connectivity index (χ0n) is 16.1. The molecule has 1 aromatic carbocycles. The number of hydrogen-bond donors (Lipinski definition) is 1. The van der Waals surface area contributed by atoms with Gasteiger partial charge in [0.1, 0.15) is 17.7 Å². The molecule has 1 aliphatic heterocycles. The summed E-state index contributed by atoms with van der Waals surface area (Å²) in [7, 11) is 3.77. The maximum Gasteiger partial charge on any atom is 0.416 e. The molecule has 3 aromatic rings. The molecule has 1 N–H and O–H groups in total. The van der Waals surface area contributed by atoms with E-state index in [4.69, 9.17) is 4.74 Å². The van der Waals surface area contributed by atoms with Gasteiger partial charge in [-0.25, -0.2) is 4.98 Å². The predicted octanol–water partition coefficient (Wildman–Crippen LogP) is 3.83. The van der Waals surface area contributed by atoms with Crippen LogP contribution in [0.3, 0.4) is 0 Å². The number of imidazole rings is 1. The number of aromatic nitrogens is 3. The summed E-state index contributed by atoms with van der Waals surface area (Å²) in [6, 6.07) is 6.41. The van der Waals surface area contributed by atoms with Crippen LogP contribution in [-0.2, 0) is 13.2 Å². The summed E-state index contributed by atoms with van der Waals surface area (Å²) in [5, 5.41) is 10.2. The van der Waals surface area contributed by atoms with Gasteiger partial charge in [0.25, 0.3) is 0 Å². The van der Waals surface area contributed by atoms with Crippen molar-refractivity contribution >= 4 is 11.2 Å². The van der Waals surface area contributed by atoms with Crippen LogP contribution in [0.2, 0.25) is 0 Å². The van der Waals surface area contributed by atoms with Crippen molar-refractivity contribution in [2.75, 3.05) is 20.1 Å². The van der Waals surface area contributed by atoms with Crippen molar-refractivity contribution < 1.29 is 23.0 Å². The van der Waals surface area contributed by atoms with Crippen molar-refractivity contribution in [3.63, 3.8) is 0 Å². The van der Waals surface area contributed by atoms with Crippen LogP contribution in [0.15, 0.2) is 30.3 Å². The molecule has 4 rings (SSSR count). The summed E-state index contributed by atoms with van der Waals surface area (Å²) in [6.45, 7) is 1.87. The first-order valence-electron chi connectivity index (χ1n) is 9.31. The first-order valence-corrected chi connectivity index (χ1v) is 9.31. The molecule has 1 aliphatic rings.